The van der Waals surface area contributed by atoms with Gasteiger partial charge < -0.3 is 15.1 Å². The molecule has 2 heterocycles. The molecule has 0 unspecified atom stereocenters. The Hall–Kier alpha value is -3.86. The van der Waals surface area contributed by atoms with Gasteiger partial charge in [0.25, 0.3) is 5.91 Å². The van der Waals surface area contributed by atoms with E-state index in [0.717, 1.165) is 56.7 Å². The lowest BCUT2D eigenvalue weighted by atomic mass is 9.98. The monoisotopic (exact) mass is 451 g/mol. The van der Waals surface area contributed by atoms with Crippen molar-refractivity contribution in [3.05, 3.63) is 101 Å². The average molecular weight is 452 g/mol. The number of rotatable bonds is 5. The fourth-order valence-electron chi connectivity index (χ4n) is 4.77. The van der Waals surface area contributed by atoms with Crippen molar-refractivity contribution in [1.82, 2.24) is 4.90 Å². The Bertz CT molecular complexity index is 1210. The van der Waals surface area contributed by atoms with Gasteiger partial charge in [-0.2, -0.15) is 0 Å². The Morgan fingerprint density at radius 3 is 2.35 bits per heavy atom. The number of anilines is 2. The molecular formula is C29H29N3O2. The summed E-state index contributed by atoms with van der Waals surface area (Å²) in [7, 11) is 0. The van der Waals surface area contributed by atoms with Gasteiger partial charge in [-0.05, 0) is 60.2 Å². The Balaban J connectivity index is 1.40. The Kier molecular flexibility index (Phi) is 6.43. The van der Waals surface area contributed by atoms with Gasteiger partial charge in [0.05, 0.1) is 5.56 Å². The number of nitrogens with one attached hydrogen (secondary N) is 1. The highest BCUT2D eigenvalue weighted by Gasteiger charge is 2.26. The molecule has 2 amide bonds. The first-order valence-electron chi connectivity index (χ1n) is 12.0. The maximum atomic E-state index is 13.5. The standard InChI is InChI=1S/C29H29N3O2/c33-28(15-12-22-8-2-1-3-9-22)30-25-13-14-27(26(20-25)29(34)31-17-6-7-18-31)32-19-16-23-10-4-5-11-24(23)21-32/h1-5,8-15,20H,6-7,16-19,21H2,(H,30,33)/b15-12+. The van der Waals surface area contributed by atoms with Crippen LogP contribution in [0.2, 0.25) is 0 Å². The summed E-state index contributed by atoms with van der Waals surface area (Å²) in [5.41, 5.74) is 5.86. The molecule has 5 heteroatoms. The van der Waals surface area contributed by atoms with Crippen molar-refractivity contribution in [1.29, 1.82) is 0 Å². The van der Waals surface area contributed by atoms with Crippen LogP contribution in [-0.2, 0) is 17.8 Å². The van der Waals surface area contributed by atoms with Crippen molar-refractivity contribution in [2.75, 3.05) is 29.9 Å². The number of benzene rings is 3. The summed E-state index contributed by atoms with van der Waals surface area (Å²) in [6.07, 6.45) is 6.34. The van der Waals surface area contributed by atoms with E-state index in [1.165, 1.54) is 17.2 Å². The Morgan fingerprint density at radius 2 is 1.56 bits per heavy atom. The van der Waals surface area contributed by atoms with Crippen LogP contribution in [0.5, 0.6) is 0 Å². The summed E-state index contributed by atoms with van der Waals surface area (Å²) < 4.78 is 0. The quantitative estimate of drug-likeness (QED) is 0.547. The number of likely N-dealkylation sites (tertiary alicyclic amines) is 1. The highest BCUT2D eigenvalue weighted by Crippen LogP contribution is 2.31. The van der Waals surface area contributed by atoms with E-state index < -0.39 is 0 Å². The minimum absolute atomic E-state index is 0.0438. The SMILES string of the molecule is O=C(/C=C/c1ccccc1)Nc1ccc(N2CCc3ccccc3C2)c(C(=O)N2CCCC2)c1. The van der Waals surface area contributed by atoms with Gasteiger partial charge in [-0.25, -0.2) is 0 Å². The maximum Gasteiger partial charge on any atom is 0.256 e. The lowest BCUT2D eigenvalue weighted by molar-refractivity contribution is -0.111. The Morgan fingerprint density at radius 1 is 0.824 bits per heavy atom. The van der Waals surface area contributed by atoms with E-state index >= 15 is 0 Å². The minimum Gasteiger partial charge on any atom is -0.366 e. The van der Waals surface area contributed by atoms with Gasteiger partial charge in [0.15, 0.2) is 0 Å². The number of carbonyl (C=O) groups is 2. The second kappa shape index (κ2) is 9.96. The van der Waals surface area contributed by atoms with Gasteiger partial charge in [0.1, 0.15) is 0 Å². The molecule has 0 spiro atoms. The van der Waals surface area contributed by atoms with E-state index in [1.807, 2.05) is 53.4 Å². The van der Waals surface area contributed by atoms with Crippen LogP contribution in [0.1, 0.15) is 39.9 Å². The summed E-state index contributed by atoms with van der Waals surface area (Å²) in [4.78, 5) is 30.2. The topological polar surface area (TPSA) is 52.7 Å². The molecule has 5 rings (SSSR count). The predicted molar refractivity (Wildman–Crippen MR) is 137 cm³/mol. The second-order valence-electron chi connectivity index (χ2n) is 8.90. The summed E-state index contributed by atoms with van der Waals surface area (Å²) in [5.74, 6) is -0.176. The van der Waals surface area contributed by atoms with Gasteiger partial charge in [-0.3, -0.25) is 9.59 Å². The molecule has 0 bridgehead atoms. The second-order valence-corrected chi connectivity index (χ2v) is 8.90. The highest BCUT2D eigenvalue weighted by atomic mass is 16.2. The molecule has 5 nitrogen and oxygen atoms in total. The summed E-state index contributed by atoms with van der Waals surface area (Å²) in [6.45, 7) is 3.22. The van der Waals surface area contributed by atoms with E-state index in [9.17, 15) is 9.59 Å². The molecule has 3 aromatic rings. The van der Waals surface area contributed by atoms with Gasteiger partial charge >= 0.3 is 0 Å². The number of nitrogens with zero attached hydrogens (tertiary/aromatic N) is 2. The van der Waals surface area contributed by atoms with E-state index in [1.54, 1.807) is 6.08 Å². The smallest absolute Gasteiger partial charge is 0.256 e. The number of carbonyl (C=O) groups excluding carboxylic acids is 2. The lowest BCUT2D eigenvalue weighted by Gasteiger charge is -2.33. The van der Waals surface area contributed by atoms with Crippen LogP contribution >= 0.6 is 0 Å². The fourth-order valence-corrected chi connectivity index (χ4v) is 4.77. The van der Waals surface area contributed by atoms with Crippen LogP contribution in [0, 0.1) is 0 Å². The van der Waals surface area contributed by atoms with Gasteiger partial charge in [0.2, 0.25) is 5.91 Å². The van der Waals surface area contributed by atoms with Crippen LogP contribution < -0.4 is 10.2 Å². The summed E-state index contributed by atoms with van der Waals surface area (Å²) in [6, 6.07) is 23.9. The van der Waals surface area contributed by atoms with Crippen molar-refractivity contribution in [2.45, 2.75) is 25.8 Å². The fraction of sp³-hybridized carbons (Fsp3) is 0.241. The third-order valence-electron chi connectivity index (χ3n) is 6.59. The molecule has 1 N–H and O–H groups in total. The zero-order valence-corrected chi connectivity index (χ0v) is 19.2. The highest BCUT2D eigenvalue weighted by molar-refractivity contribution is 6.05. The van der Waals surface area contributed by atoms with Crippen LogP contribution in [0.25, 0.3) is 6.08 Å². The lowest BCUT2D eigenvalue weighted by Crippen LogP contribution is -2.34. The summed E-state index contributed by atoms with van der Waals surface area (Å²) >= 11 is 0. The van der Waals surface area contributed by atoms with Crippen LogP contribution in [0.4, 0.5) is 11.4 Å². The van der Waals surface area contributed by atoms with Crippen molar-refractivity contribution in [3.63, 3.8) is 0 Å². The molecule has 0 radical (unpaired) electrons. The molecule has 2 aliphatic rings. The molecule has 0 aliphatic carbocycles. The first-order chi connectivity index (χ1) is 16.7. The third-order valence-corrected chi connectivity index (χ3v) is 6.59. The van der Waals surface area contributed by atoms with Gasteiger partial charge in [-0.15, -0.1) is 0 Å². The van der Waals surface area contributed by atoms with Crippen molar-refractivity contribution >= 4 is 29.3 Å². The molecule has 1 saturated heterocycles. The molecular weight excluding hydrogens is 422 g/mol. The molecule has 1 fully saturated rings. The van der Waals surface area contributed by atoms with Crippen LogP contribution in [0.15, 0.2) is 78.9 Å². The van der Waals surface area contributed by atoms with Crippen molar-refractivity contribution in [2.24, 2.45) is 0 Å². The molecule has 3 aromatic carbocycles. The summed E-state index contributed by atoms with van der Waals surface area (Å²) in [5, 5.41) is 2.93. The first kappa shape index (κ1) is 22.0. The number of hydrogen-bond donors (Lipinski definition) is 1. The molecule has 2 aliphatic heterocycles. The number of fused-ring (bicyclic) bond motifs is 1. The van der Waals surface area contributed by atoms with Crippen LogP contribution in [0.3, 0.4) is 0 Å². The molecule has 0 atom stereocenters. The largest absolute Gasteiger partial charge is 0.366 e. The minimum atomic E-state index is -0.219. The van der Waals surface area contributed by atoms with Crippen molar-refractivity contribution in [3.8, 4) is 0 Å². The Labute approximate surface area is 200 Å². The maximum absolute atomic E-state index is 13.5. The first-order valence-corrected chi connectivity index (χ1v) is 12.0. The molecule has 172 valence electrons. The van der Waals surface area contributed by atoms with E-state index in [-0.39, 0.29) is 11.8 Å². The van der Waals surface area contributed by atoms with Gasteiger partial charge in [0, 0.05) is 43.6 Å². The van der Waals surface area contributed by atoms with E-state index in [2.05, 4.69) is 34.5 Å². The van der Waals surface area contributed by atoms with E-state index in [4.69, 9.17) is 0 Å². The number of amides is 2. The zero-order chi connectivity index (χ0) is 23.3. The van der Waals surface area contributed by atoms with Crippen molar-refractivity contribution < 1.29 is 9.59 Å². The average Bonchev–Trinajstić information content (AvgIpc) is 3.42. The molecule has 0 saturated carbocycles. The third kappa shape index (κ3) is 4.88. The van der Waals surface area contributed by atoms with Gasteiger partial charge in [-0.1, -0.05) is 54.6 Å². The zero-order valence-electron chi connectivity index (χ0n) is 19.2. The number of hydrogen-bond acceptors (Lipinski definition) is 3. The predicted octanol–water partition coefficient (Wildman–Crippen LogP) is 5.14. The molecule has 0 aromatic heterocycles. The normalized spacial score (nSPS) is 15.4. The van der Waals surface area contributed by atoms with Crippen LogP contribution in [-0.4, -0.2) is 36.3 Å². The van der Waals surface area contributed by atoms with E-state index in [0.29, 0.717) is 11.3 Å². The molecule has 34 heavy (non-hydrogen) atoms.